The van der Waals surface area contributed by atoms with E-state index in [1.807, 2.05) is 32.0 Å². The maximum absolute atomic E-state index is 10.7. The van der Waals surface area contributed by atoms with Crippen molar-refractivity contribution in [2.75, 3.05) is 7.11 Å². The highest BCUT2D eigenvalue weighted by Gasteiger charge is 2.42. The van der Waals surface area contributed by atoms with Crippen LogP contribution in [0.25, 0.3) is 0 Å². The Morgan fingerprint density at radius 3 is 2.76 bits per heavy atom. The van der Waals surface area contributed by atoms with Crippen LogP contribution in [0.2, 0.25) is 0 Å². The standard InChI is InChI=1S/C13H16O4/c1-13(2)10-7-9(16-3)5-4-8(10)6-11(13)17-12(14)15/h4-5,7,11H,6H2,1-3H3,(H,14,15). The van der Waals surface area contributed by atoms with Gasteiger partial charge in [-0.25, -0.2) is 4.79 Å². The van der Waals surface area contributed by atoms with Crippen LogP contribution < -0.4 is 4.74 Å². The van der Waals surface area contributed by atoms with Crippen molar-refractivity contribution >= 4 is 6.16 Å². The van der Waals surface area contributed by atoms with Crippen LogP contribution in [0.3, 0.4) is 0 Å². The third-order valence-corrected chi connectivity index (χ3v) is 3.46. The van der Waals surface area contributed by atoms with Gasteiger partial charge >= 0.3 is 6.16 Å². The molecule has 1 aromatic rings. The van der Waals surface area contributed by atoms with Crippen molar-refractivity contribution < 1.29 is 19.4 Å². The molecule has 1 N–H and O–H groups in total. The topological polar surface area (TPSA) is 55.8 Å². The van der Waals surface area contributed by atoms with E-state index in [-0.39, 0.29) is 11.5 Å². The fourth-order valence-corrected chi connectivity index (χ4v) is 2.40. The molecule has 4 heteroatoms. The Hall–Kier alpha value is -1.71. The van der Waals surface area contributed by atoms with Gasteiger partial charge < -0.3 is 14.6 Å². The summed E-state index contributed by atoms with van der Waals surface area (Å²) < 4.78 is 10.2. The molecule has 0 heterocycles. The molecule has 0 fully saturated rings. The summed E-state index contributed by atoms with van der Waals surface area (Å²) in [7, 11) is 1.62. The summed E-state index contributed by atoms with van der Waals surface area (Å²) in [6.45, 7) is 3.98. The van der Waals surface area contributed by atoms with E-state index >= 15 is 0 Å². The quantitative estimate of drug-likeness (QED) is 0.802. The van der Waals surface area contributed by atoms with Crippen molar-refractivity contribution in [3.63, 3.8) is 0 Å². The number of carbonyl (C=O) groups is 1. The molecular formula is C13H16O4. The maximum Gasteiger partial charge on any atom is 0.506 e. The summed E-state index contributed by atoms with van der Waals surface area (Å²) in [6.07, 6.45) is -0.927. The van der Waals surface area contributed by atoms with E-state index in [1.54, 1.807) is 7.11 Å². The van der Waals surface area contributed by atoms with Gasteiger partial charge in [0.1, 0.15) is 11.9 Å². The van der Waals surface area contributed by atoms with Gasteiger partial charge in [-0.1, -0.05) is 19.9 Å². The minimum atomic E-state index is -1.22. The van der Waals surface area contributed by atoms with Crippen molar-refractivity contribution in [3.8, 4) is 5.75 Å². The lowest BCUT2D eigenvalue weighted by Crippen LogP contribution is -2.33. The van der Waals surface area contributed by atoms with Crippen LogP contribution in [-0.2, 0) is 16.6 Å². The monoisotopic (exact) mass is 236 g/mol. The average Bonchev–Trinajstić information content (AvgIpc) is 2.50. The van der Waals surface area contributed by atoms with E-state index in [4.69, 9.17) is 14.6 Å². The molecule has 1 aromatic carbocycles. The number of methoxy groups -OCH3 is 1. The van der Waals surface area contributed by atoms with Gasteiger partial charge in [-0.3, -0.25) is 0 Å². The van der Waals surface area contributed by atoms with E-state index in [9.17, 15) is 4.79 Å². The van der Waals surface area contributed by atoms with Gasteiger partial charge in [-0.15, -0.1) is 0 Å². The van der Waals surface area contributed by atoms with Crippen molar-refractivity contribution in [1.29, 1.82) is 0 Å². The first-order valence-corrected chi connectivity index (χ1v) is 5.52. The van der Waals surface area contributed by atoms with Crippen LogP contribution in [-0.4, -0.2) is 24.5 Å². The van der Waals surface area contributed by atoms with E-state index in [1.165, 1.54) is 0 Å². The van der Waals surface area contributed by atoms with Crippen molar-refractivity contribution in [2.45, 2.75) is 31.8 Å². The number of carboxylic acid groups (broad SMARTS) is 1. The zero-order chi connectivity index (χ0) is 12.6. The van der Waals surface area contributed by atoms with Crippen LogP contribution >= 0.6 is 0 Å². The number of fused-ring (bicyclic) bond motifs is 1. The molecule has 1 aliphatic rings. The molecule has 0 amide bonds. The van der Waals surface area contributed by atoms with E-state index < -0.39 is 6.16 Å². The number of rotatable bonds is 2. The van der Waals surface area contributed by atoms with Crippen LogP contribution in [0, 0.1) is 0 Å². The molecule has 0 radical (unpaired) electrons. The Bertz CT molecular complexity index is 451. The number of ether oxygens (including phenoxy) is 2. The van der Waals surface area contributed by atoms with Crippen molar-refractivity contribution in [2.24, 2.45) is 0 Å². The van der Waals surface area contributed by atoms with Gasteiger partial charge in [0.25, 0.3) is 0 Å². The maximum atomic E-state index is 10.7. The van der Waals surface area contributed by atoms with E-state index in [0.717, 1.165) is 16.9 Å². The smallest absolute Gasteiger partial charge is 0.497 e. The van der Waals surface area contributed by atoms with Gasteiger partial charge in [0.15, 0.2) is 0 Å². The lowest BCUT2D eigenvalue weighted by Gasteiger charge is -2.26. The molecule has 17 heavy (non-hydrogen) atoms. The third kappa shape index (κ3) is 1.95. The molecule has 0 aromatic heterocycles. The Labute approximate surface area is 100 Å². The summed E-state index contributed by atoms with van der Waals surface area (Å²) in [6, 6.07) is 5.82. The molecule has 1 aliphatic carbocycles. The van der Waals surface area contributed by atoms with Gasteiger partial charge in [0.2, 0.25) is 0 Å². The largest absolute Gasteiger partial charge is 0.506 e. The van der Waals surface area contributed by atoms with E-state index in [0.29, 0.717) is 6.42 Å². The predicted octanol–water partition coefficient (Wildman–Crippen LogP) is 2.59. The summed E-state index contributed by atoms with van der Waals surface area (Å²) >= 11 is 0. The molecule has 0 saturated heterocycles. The highest BCUT2D eigenvalue weighted by Crippen LogP contribution is 2.41. The van der Waals surface area contributed by atoms with Gasteiger partial charge in [-0.05, 0) is 23.3 Å². The van der Waals surface area contributed by atoms with Crippen molar-refractivity contribution in [1.82, 2.24) is 0 Å². The first-order chi connectivity index (χ1) is 7.95. The normalized spacial score (nSPS) is 20.8. The number of hydrogen-bond donors (Lipinski definition) is 1. The van der Waals surface area contributed by atoms with E-state index in [2.05, 4.69) is 0 Å². The Kier molecular flexibility index (Phi) is 2.73. The van der Waals surface area contributed by atoms with Crippen LogP contribution in [0.5, 0.6) is 5.75 Å². The molecule has 4 nitrogen and oxygen atoms in total. The first kappa shape index (κ1) is 11.8. The molecule has 2 rings (SSSR count). The minimum absolute atomic E-state index is 0.317. The Morgan fingerprint density at radius 2 is 2.18 bits per heavy atom. The lowest BCUT2D eigenvalue weighted by atomic mass is 9.84. The van der Waals surface area contributed by atoms with Crippen LogP contribution in [0.15, 0.2) is 18.2 Å². The molecule has 0 spiro atoms. The second-order valence-corrected chi connectivity index (χ2v) is 4.82. The zero-order valence-electron chi connectivity index (χ0n) is 10.2. The molecule has 0 aliphatic heterocycles. The fraction of sp³-hybridized carbons (Fsp3) is 0.462. The molecule has 92 valence electrons. The van der Waals surface area contributed by atoms with Crippen LogP contribution in [0.1, 0.15) is 25.0 Å². The Morgan fingerprint density at radius 1 is 1.47 bits per heavy atom. The first-order valence-electron chi connectivity index (χ1n) is 5.52. The molecule has 0 saturated carbocycles. The molecule has 0 bridgehead atoms. The second kappa shape index (κ2) is 3.95. The van der Waals surface area contributed by atoms with Crippen LogP contribution in [0.4, 0.5) is 4.79 Å². The zero-order valence-corrected chi connectivity index (χ0v) is 10.2. The fourth-order valence-electron chi connectivity index (χ4n) is 2.40. The van der Waals surface area contributed by atoms with Gasteiger partial charge in [0.05, 0.1) is 7.11 Å². The molecule has 1 atom stereocenters. The van der Waals surface area contributed by atoms with Gasteiger partial charge in [0, 0.05) is 11.8 Å². The predicted molar refractivity (Wildman–Crippen MR) is 62.6 cm³/mol. The second-order valence-electron chi connectivity index (χ2n) is 4.82. The molecule has 1 unspecified atom stereocenters. The average molecular weight is 236 g/mol. The summed E-state index contributed by atoms with van der Waals surface area (Å²) in [5.41, 5.74) is 1.91. The number of benzene rings is 1. The molecular weight excluding hydrogens is 220 g/mol. The van der Waals surface area contributed by atoms with Crippen molar-refractivity contribution in [3.05, 3.63) is 29.3 Å². The van der Waals surface area contributed by atoms with Gasteiger partial charge in [-0.2, -0.15) is 0 Å². The highest BCUT2D eigenvalue weighted by atomic mass is 16.7. The SMILES string of the molecule is COc1ccc2c(c1)C(C)(C)C(OC(=O)O)C2. The lowest BCUT2D eigenvalue weighted by molar-refractivity contribution is 0.0279. The minimum Gasteiger partial charge on any atom is -0.497 e. The summed E-state index contributed by atoms with van der Waals surface area (Å²) in [4.78, 5) is 10.7. The third-order valence-electron chi connectivity index (χ3n) is 3.46. The summed E-state index contributed by atoms with van der Waals surface area (Å²) in [5.74, 6) is 0.785. The Balaban J connectivity index is 2.36. The number of hydrogen-bond acceptors (Lipinski definition) is 3. The highest BCUT2D eigenvalue weighted by molar-refractivity contribution is 5.58. The summed E-state index contributed by atoms with van der Waals surface area (Å²) in [5, 5.41) is 8.74.